The summed E-state index contributed by atoms with van der Waals surface area (Å²) >= 11 is 0. The molecule has 1 aromatic rings. The van der Waals surface area contributed by atoms with Crippen LogP contribution < -0.4 is 10.1 Å². The van der Waals surface area contributed by atoms with E-state index in [0.29, 0.717) is 18.8 Å². The van der Waals surface area contributed by atoms with E-state index in [1.807, 2.05) is 34.6 Å². The molecule has 0 atom stereocenters. The number of nitro benzene ring substituents is 1. The lowest BCUT2D eigenvalue weighted by Crippen LogP contribution is -2.33. The van der Waals surface area contributed by atoms with Crippen LogP contribution in [-0.4, -0.2) is 29.8 Å². The molecule has 1 N–H and O–H groups in total. The fourth-order valence-electron chi connectivity index (χ4n) is 1.95. The van der Waals surface area contributed by atoms with Gasteiger partial charge in [-0.15, -0.1) is 0 Å². The van der Waals surface area contributed by atoms with E-state index in [9.17, 15) is 10.1 Å². The summed E-state index contributed by atoms with van der Waals surface area (Å²) in [6.07, 6.45) is -0.126. The summed E-state index contributed by atoms with van der Waals surface area (Å²) in [5, 5.41) is 14.4. The van der Waals surface area contributed by atoms with Crippen LogP contribution in [0.15, 0.2) is 18.2 Å². The van der Waals surface area contributed by atoms with Gasteiger partial charge in [0.25, 0.3) is 0 Å². The van der Waals surface area contributed by atoms with Gasteiger partial charge in [0.05, 0.1) is 16.6 Å². The van der Waals surface area contributed by atoms with Gasteiger partial charge in [-0.2, -0.15) is 0 Å². The Morgan fingerprint density at radius 3 is 2.57 bits per heavy atom. The monoisotopic (exact) mass is 296 g/mol. The molecule has 0 saturated carbocycles. The molecule has 0 bridgehead atoms. The third-order valence-corrected chi connectivity index (χ3v) is 2.78. The van der Waals surface area contributed by atoms with Crippen LogP contribution in [0.25, 0.3) is 0 Å². The molecule has 0 saturated heterocycles. The molecule has 118 valence electrons. The number of anilines is 1. The number of nitrogens with zero attached hydrogens (tertiary/aromatic N) is 1. The molecule has 6 heteroatoms. The van der Waals surface area contributed by atoms with Crippen molar-refractivity contribution in [3.8, 4) is 5.75 Å². The van der Waals surface area contributed by atoms with Crippen LogP contribution >= 0.6 is 0 Å². The summed E-state index contributed by atoms with van der Waals surface area (Å²) in [5.41, 5.74) is -0.0122. The van der Waals surface area contributed by atoms with Gasteiger partial charge < -0.3 is 14.8 Å². The Balaban J connectivity index is 2.99. The van der Waals surface area contributed by atoms with Crippen molar-refractivity contribution >= 4 is 11.4 Å². The van der Waals surface area contributed by atoms with Crippen molar-refractivity contribution in [2.45, 2.75) is 46.3 Å². The molecule has 0 spiro atoms. The highest BCUT2D eigenvalue weighted by atomic mass is 16.6. The highest BCUT2D eigenvalue weighted by Gasteiger charge is 2.24. The van der Waals surface area contributed by atoms with Gasteiger partial charge in [0.1, 0.15) is 5.69 Å². The third kappa shape index (κ3) is 5.23. The lowest BCUT2D eigenvalue weighted by molar-refractivity contribution is -0.385. The quantitative estimate of drug-likeness (QED) is 0.586. The summed E-state index contributed by atoms with van der Waals surface area (Å²) in [4.78, 5) is 10.9. The summed E-state index contributed by atoms with van der Waals surface area (Å²) in [6.45, 7) is 10.5. The molecule has 0 aliphatic heterocycles. The molecule has 0 amide bonds. The minimum absolute atomic E-state index is 0.0431. The number of benzene rings is 1. The molecular formula is C15H24N2O4. The molecule has 1 rings (SSSR count). The average molecular weight is 296 g/mol. The van der Waals surface area contributed by atoms with Gasteiger partial charge in [-0.1, -0.05) is 6.07 Å². The third-order valence-electron chi connectivity index (χ3n) is 2.78. The number of ether oxygens (including phenoxy) is 2. The van der Waals surface area contributed by atoms with Gasteiger partial charge in [0.2, 0.25) is 0 Å². The predicted octanol–water partition coefficient (Wildman–Crippen LogP) is 3.61. The van der Waals surface area contributed by atoms with Crippen LogP contribution in [0.1, 0.15) is 34.6 Å². The maximum atomic E-state index is 11.3. The maximum Gasteiger partial charge on any atom is 0.333 e. The van der Waals surface area contributed by atoms with E-state index in [4.69, 9.17) is 9.47 Å². The van der Waals surface area contributed by atoms with Crippen LogP contribution in [0.3, 0.4) is 0 Å². The Bertz CT molecular complexity index is 487. The SMILES string of the molecule is CCOC(C)(C)CNc1cccc(OC(C)C)c1[N+](=O)[O-]. The van der Waals surface area contributed by atoms with Crippen LogP contribution in [0.5, 0.6) is 5.75 Å². The number of rotatable bonds is 8. The van der Waals surface area contributed by atoms with E-state index in [1.165, 1.54) is 0 Å². The van der Waals surface area contributed by atoms with E-state index in [1.54, 1.807) is 18.2 Å². The number of nitrogens with one attached hydrogen (secondary N) is 1. The zero-order valence-corrected chi connectivity index (χ0v) is 13.3. The number of hydrogen-bond acceptors (Lipinski definition) is 5. The van der Waals surface area contributed by atoms with Crippen molar-refractivity contribution in [3.05, 3.63) is 28.3 Å². The first-order chi connectivity index (χ1) is 9.76. The van der Waals surface area contributed by atoms with Crippen LogP contribution in [-0.2, 0) is 4.74 Å². The highest BCUT2D eigenvalue weighted by molar-refractivity contribution is 5.68. The molecule has 6 nitrogen and oxygen atoms in total. The van der Waals surface area contributed by atoms with Crippen molar-refractivity contribution in [2.24, 2.45) is 0 Å². The van der Waals surface area contributed by atoms with Crippen molar-refractivity contribution < 1.29 is 14.4 Å². The number of hydrogen-bond donors (Lipinski definition) is 1. The van der Waals surface area contributed by atoms with Crippen LogP contribution in [0.4, 0.5) is 11.4 Å². The number of nitro groups is 1. The largest absolute Gasteiger partial charge is 0.484 e. The molecule has 0 aromatic heterocycles. The summed E-state index contributed by atoms with van der Waals surface area (Å²) in [7, 11) is 0. The van der Waals surface area contributed by atoms with Crippen molar-refractivity contribution in [3.63, 3.8) is 0 Å². The highest BCUT2D eigenvalue weighted by Crippen LogP contribution is 2.35. The molecule has 0 aliphatic rings. The Hall–Kier alpha value is -1.82. The Labute approximate surface area is 125 Å². The van der Waals surface area contributed by atoms with Crippen molar-refractivity contribution in [1.29, 1.82) is 0 Å². The van der Waals surface area contributed by atoms with Crippen molar-refractivity contribution in [1.82, 2.24) is 0 Å². The molecular weight excluding hydrogens is 272 g/mol. The average Bonchev–Trinajstić information content (AvgIpc) is 2.35. The second-order valence-corrected chi connectivity index (χ2v) is 5.62. The van der Waals surface area contributed by atoms with Gasteiger partial charge >= 0.3 is 5.69 Å². The smallest absolute Gasteiger partial charge is 0.333 e. The molecule has 0 unspecified atom stereocenters. The first-order valence-corrected chi connectivity index (χ1v) is 7.08. The van der Waals surface area contributed by atoms with Crippen LogP contribution in [0.2, 0.25) is 0 Å². The molecule has 0 heterocycles. The Morgan fingerprint density at radius 2 is 2.05 bits per heavy atom. The molecule has 0 aliphatic carbocycles. The first-order valence-electron chi connectivity index (χ1n) is 7.08. The summed E-state index contributed by atoms with van der Waals surface area (Å²) in [6, 6.07) is 5.02. The van der Waals surface area contributed by atoms with Crippen LogP contribution in [0, 0.1) is 10.1 Å². The van der Waals surface area contributed by atoms with E-state index in [-0.39, 0.29) is 17.5 Å². The van der Waals surface area contributed by atoms with Gasteiger partial charge in [-0.05, 0) is 46.8 Å². The lowest BCUT2D eigenvalue weighted by atomic mass is 10.1. The summed E-state index contributed by atoms with van der Waals surface area (Å²) < 4.78 is 11.1. The predicted molar refractivity (Wildman–Crippen MR) is 83.1 cm³/mol. The first kappa shape index (κ1) is 17.2. The number of para-hydroxylation sites is 1. The fraction of sp³-hybridized carbons (Fsp3) is 0.600. The summed E-state index contributed by atoms with van der Waals surface area (Å²) in [5.74, 6) is 0.272. The molecule has 21 heavy (non-hydrogen) atoms. The minimum atomic E-state index is -0.423. The van der Waals surface area contributed by atoms with Gasteiger partial charge in [0.15, 0.2) is 5.75 Å². The van der Waals surface area contributed by atoms with Crippen molar-refractivity contribution in [2.75, 3.05) is 18.5 Å². The second kappa shape index (κ2) is 7.26. The maximum absolute atomic E-state index is 11.3. The zero-order valence-electron chi connectivity index (χ0n) is 13.3. The molecule has 0 fully saturated rings. The topological polar surface area (TPSA) is 73.6 Å². The zero-order chi connectivity index (χ0) is 16.0. The lowest BCUT2D eigenvalue weighted by Gasteiger charge is -2.25. The van der Waals surface area contributed by atoms with Gasteiger partial charge in [-0.25, -0.2) is 0 Å². The fourth-order valence-corrected chi connectivity index (χ4v) is 1.95. The molecule has 0 radical (unpaired) electrons. The van der Waals surface area contributed by atoms with E-state index >= 15 is 0 Å². The van der Waals surface area contributed by atoms with Gasteiger partial charge in [0, 0.05) is 13.2 Å². The normalized spacial score (nSPS) is 11.5. The Kier molecular flexibility index (Phi) is 5.96. The standard InChI is InChI=1S/C15H24N2O4/c1-6-20-15(4,5)10-16-12-8-7-9-13(21-11(2)3)14(12)17(18)19/h7-9,11,16H,6,10H2,1-5H3. The second-order valence-electron chi connectivity index (χ2n) is 5.62. The minimum Gasteiger partial charge on any atom is -0.484 e. The van der Waals surface area contributed by atoms with Gasteiger partial charge in [-0.3, -0.25) is 10.1 Å². The molecule has 1 aromatic carbocycles. The van der Waals surface area contributed by atoms with E-state index in [2.05, 4.69) is 5.32 Å². The van der Waals surface area contributed by atoms with E-state index < -0.39 is 10.5 Å². The van der Waals surface area contributed by atoms with E-state index in [0.717, 1.165) is 0 Å². The Morgan fingerprint density at radius 1 is 1.38 bits per heavy atom.